The molecule has 3 heteroatoms. The quantitative estimate of drug-likeness (QED) is 0.680. The molecule has 0 bridgehead atoms. The first-order chi connectivity index (χ1) is 8.40. The molecule has 17 heavy (non-hydrogen) atoms. The molecule has 1 heterocycles. The molecule has 1 aliphatic carbocycles. The Hall–Kier alpha value is -2.29. The van der Waals surface area contributed by atoms with Gasteiger partial charge in [0.2, 0.25) is 6.41 Å². The fourth-order valence-electron chi connectivity index (χ4n) is 2.29. The Morgan fingerprint density at radius 1 is 1.29 bits per heavy atom. The van der Waals surface area contributed by atoms with Crippen LogP contribution in [-0.2, 0) is 4.79 Å². The predicted octanol–water partition coefficient (Wildman–Crippen LogP) is -0.253. The first-order valence-electron chi connectivity index (χ1n) is 5.55. The molecule has 1 aromatic carbocycles. The largest absolute Gasteiger partial charge is 0.361 e. The van der Waals surface area contributed by atoms with Crippen molar-refractivity contribution in [2.24, 2.45) is 0 Å². The summed E-state index contributed by atoms with van der Waals surface area (Å²) in [5, 5.41) is 8.40. The third-order valence-corrected chi connectivity index (χ3v) is 3.05. The van der Waals surface area contributed by atoms with E-state index in [1.165, 1.54) is 5.22 Å². The number of hydrogen-bond acceptors (Lipinski definition) is 2. The highest BCUT2D eigenvalue weighted by Crippen LogP contribution is 2.18. The van der Waals surface area contributed by atoms with Crippen LogP contribution in [0.1, 0.15) is 0 Å². The Labute approximate surface area is 98.8 Å². The van der Waals surface area contributed by atoms with Gasteiger partial charge in [-0.25, -0.2) is 0 Å². The van der Waals surface area contributed by atoms with Crippen molar-refractivity contribution in [2.75, 3.05) is 0 Å². The molecule has 0 radical (unpaired) electrons. The van der Waals surface area contributed by atoms with Crippen molar-refractivity contribution in [1.82, 2.24) is 10.6 Å². The Kier molecular flexibility index (Phi) is 2.29. The Morgan fingerprint density at radius 3 is 3.06 bits per heavy atom. The average molecular weight is 224 g/mol. The molecule has 84 valence electrons. The van der Waals surface area contributed by atoms with Crippen LogP contribution < -0.4 is 21.1 Å². The number of allylic oxidation sites excluding steroid dienone is 2. The van der Waals surface area contributed by atoms with Crippen LogP contribution in [0.2, 0.25) is 0 Å². The Morgan fingerprint density at radius 2 is 2.18 bits per heavy atom. The number of benzene rings is 1. The molecule has 3 nitrogen and oxygen atoms in total. The third-order valence-electron chi connectivity index (χ3n) is 3.05. The number of nitrogens with one attached hydrogen (secondary N) is 2. The third kappa shape index (κ3) is 1.56. The van der Waals surface area contributed by atoms with Gasteiger partial charge in [0.25, 0.3) is 0 Å². The maximum absolute atomic E-state index is 10.7. The molecule has 0 saturated carbocycles. The van der Waals surface area contributed by atoms with E-state index in [9.17, 15) is 4.79 Å². The smallest absolute Gasteiger partial charge is 0.207 e. The van der Waals surface area contributed by atoms with E-state index in [0.717, 1.165) is 22.9 Å². The standard InChI is InChI=1S/C14H12N2O/c17-9-16-13-7-3-6-12-14(13)11-5-2-1-4-10(11)8-15-12/h1-9,13,15H,(H,16,17). The fourth-order valence-corrected chi connectivity index (χ4v) is 2.29. The maximum Gasteiger partial charge on any atom is 0.207 e. The lowest BCUT2D eigenvalue weighted by atomic mass is 9.94. The van der Waals surface area contributed by atoms with Crippen molar-refractivity contribution in [3.8, 4) is 0 Å². The zero-order valence-corrected chi connectivity index (χ0v) is 9.18. The van der Waals surface area contributed by atoms with Crippen LogP contribution in [0, 0.1) is 0 Å². The van der Waals surface area contributed by atoms with Crippen LogP contribution in [0.4, 0.5) is 0 Å². The summed E-state index contributed by atoms with van der Waals surface area (Å²) in [5.74, 6) is 0. The second kappa shape index (κ2) is 3.94. The summed E-state index contributed by atoms with van der Waals surface area (Å²) in [6, 6.07) is 8.10. The fraction of sp³-hybridized carbons (Fsp3) is 0.0714. The van der Waals surface area contributed by atoms with Crippen LogP contribution >= 0.6 is 0 Å². The van der Waals surface area contributed by atoms with Crippen LogP contribution in [0.5, 0.6) is 0 Å². The molecular weight excluding hydrogens is 212 g/mol. The molecule has 0 saturated heterocycles. The lowest BCUT2D eigenvalue weighted by Gasteiger charge is -2.24. The van der Waals surface area contributed by atoms with E-state index in [-0.39, 0.29) is 6.04 Å². The molecule has 1 atom stereocenters. The van der Waals surface area contributed by atoms with Gasteiger partial charge in [0.05, 0.1) is 6.04 Å². The number of hydrogen-bond donors (Lipinski definition) is 2. The summed E-state index contributed by atoms with van der Waals surface area (Å²) in [6.45, 7) is 0. The predicted molar refractivity (Wildman–Crippen MR) is 66.9 cm³/mol. The summed E-state index contributed by atoms with van der Waals surface area (Å²) in [7, 11) is 0. The van der Waals surface area contributed by atoms with Gasteiger partial charge in [0.1, 0.15) is 0 Å². The minimum absolute atomic E-state index is 0.0603. The molecular formula is C14H12N2O. The SMILES string of the molecule is O=CNC1C=CC=C2NC=c3ccccc3=C21. The monoisotopic (exact) mass is 224 g/mol. The van der Waals surface area contributed by atoms with Crippen molar-refractivity contribution in [3.05, 3.63) is 58.6 Å². The van der Waals surface area contributed by atoms with Gasteiger partial charge >= 0.3 is 0 Å². The number of fused-ring (bicyclic) bond motifs is 2. The minimum Gasteiger partial charge on any atom is -0.361 e. The molecule has 1 unspecified atom stereocenters. The van der Waals surface area contributed by atoms with Gasteiger partial charge in [-0.05, 0) is 16.5 Å². The first-order valence-corrected chi connectivity index (χ1v) is 5.55. The number of carbonyl (C=O) groups excluding carboxylic acids is 1. The minimum atomic E-state index is -0.0603. The van der Waals surface area contributed by atoms with Gasteiger partial charge < -0.3 is 10.6 Å². The van der Waals surface area contributed by atoms with Crippen molar-refractivity contribution in [2.45, 2.75) is 6.04 Å². The van der Waals surface area contributed by atoms with Crippen LogP contribution in [0.25, 0.3) is 11.8 Å². The molecule has 0 fully saturated rings. The summed E-state index contributed by atoms with van der Waals surface area (Å²) in [6.07, 6.45) is 8.68. The van der Waals surface area contributed by atoms with Gasteiger partial charge in [-0.15, -0.1) is 0 Å². The summed E-state index contributed by atoms with van der Waals surface area (Å²) < 4.78 is 0. The summed E-state index contributed by atoms with van der Waals surface area (Å²) in [4.78, 5) is 10.7. The lowest BCUT2D eigenvalue weighted by molar-refractivity contribution is -0.109. The van der Waals surface area contributed by atoms with E-state index in [0.29, 0.717) is 0 Å². The molecule has 2 aliphatic rings. The van der Waals surface area contributed by atoms with E-state index < -0.39 is 0 Å². The van der Waals surface area contributed by atoms with E-state index in [1.807, 2.05) is 36.6 Å². The molecule has 1 aromatic rings. The number of amides is 1. The highest BCUT2D eigenvalue weighted by Gasteiger charge is 2.19. The van der Waals surface area contributed by atoms with Crippen molar-refractivity contribution >= 4 is 18.2 Å². The zero-order chi connectivity index (χ0) is 11.7. The van der Waals surface area contributed by atoms with Crippen LogP contribution in [0.15, 0.2) is 48.2 Å². The average Bonchev–Trinajstić information content (AvgIpc) is 2.39. The molecule has 0 spiro atoms. The van der Waals surface area contributed by atoms with Crippen LogP contribution in [0.3, 0.4) is 0 Å². The van der Waals surface area contributed by atoms with E-state index in [4.69, 9.17) is 0 Å². The maximum atomic E-state index is 10.7. The molecule has 3 rings (SSSR count). The lowest BCUT2D eigenvalue weighted by Crippen LogP contribution is -2.43. The topological polar surface area (TPSA) is 41.1 Å². The molecule has 1 amide bonds. The van der Waals surface area contributed by atoms with Gasteiger partial charge in [-0.3, -0.25) is 4.79 Å². The second-order valence-corrected chi connectivity index (χ2v) is 4.02. The first kappa shape index (κ1) is 9.90. The van der Waals surface area contributed by atoms with Crippen LogP contribution in [-0.4, -0.2) is 12.5 Å². The van der Waals surface area contributed by atoms with Crippen molar-refractivity contribution < 1.29 is 4.79 Å². The highest BCUT2D eigenvalue weighted by atomic mass is 16.1. The van der Waals surface area contributed by atoms with E-state index >= 15 is 0 Å². The van der Waals surface area contributed by atoms with Gasteiger partial charge in [-0.1, -0.05) is 36.4 Å². The van der Waals surface area contributed by atoms with E-state index in [2.05, 4.69) is 22.8 Å². The Bertz CT molecular complexity index is 640. The van der Waals surface area contributed by atoms with E-state index in [1.54, 1.807) is 0 Å². The number of carbonyl (C=O) groups is 1. The van der Waals surface area contributed by atoms with Crippen molar-refractivity contribution in [3.63, 3.8) is 0 Å². The molecule has 1 aliphatic heterocycles. The number of rotatable bonds is 2. The summed E-state index contributed by atoms with van der Waals surface area (Å²) in [5.41, 5.74) is 2.17. The zero-order valence-electron chi connectivity index (χ0n) is 9.18. The van der Waals surface area contributed by atoms with Crippen molar-refractivity contribution in [1.29, 1.82) is 0 Å². The second-order valence-electron chi connectivity index (χ2n) is 4.02. The normalized spacial score (nSPS) is 20.4. The Balaban J connectivity index is 2.29. The molecule has 0 aromatic heterocycles. The highest BCUT2D eigenvalue weighted by molar-refractivity contribution is 5.77. The van der Waals surface area contributed by atoms with Gasteiger partial charge in [0.15, 0.2) is 0 Å². The van der Waals surface area contributed by atoms with Gasteiger partial charge in [0, 0.05) is 17.5 Å². The summed E-state index contributed by atoms with van der Waals surface area (Å²) >= 11 is 0. The van der Waals surface area contributed by atoms with Gasteiger partial charge in [-0.2, -0.15) is 0 Å². The molecule has 2 N–H and O–H groups in total.